The molecule has 0 bridgehead atoms. The number of pyridine rings is 1. The summed E-state index contributed by atoms with van der Waals surface area (Å²) in [6, 6.07) is 48.6. The summed E-state index contributed by atoms with van der Waals surface area (Å²) in [6.07, 6.45) is 1.80. The predicted molar refractivity (Wildman–Crippen MR) is 187 cm³/mol. The zero-order valence-electron chi connectivity index (χ0n) is 24.6. The first kappa shape index (κ1) is 25.0. The monoisotopic (exact) mass is 588 g/mol. The molecule has 4 aromatic heterocycles. The lowest BCUT2D eigenvalue weighted by atomic mass is 9.98. The number of hydrogen-bond donors (Lipinski definition) is 0. The summed E-state index contributed by atoms with van der Waals surface area (Å²) < 4.78 is 8.75. The molecule has 0 N–H and O–H groups in total. The van der Waals surface area contributed by atoms with Crippen LogP contribution in [0.3, 0.4) is 0 Å². The molecule has 0 aliphatic carbocycles. The number of benzene rings is 6. The fourth-order valence-electron chi connectivity index (χ4n) is 6.92. The van der Waals surface area contributed by atoms with E-state index in [0.29, 0.717) is 17.2 Å². The van der Waals surface area contributed by atoms with Crippen molar-refractivity contribution in [3.05, 3.63) is 146 Å². The van der Waals surface area contributed by atoms with Gasteiger partial charge < -0.3 is 4.42 Å². The number of rotatable bonds is 3. The van der Waals surface area contributed by atoms with Crippen molar-refractivity contribution in [1.29, 1.82) is 0 Å². The van der Waals surface area contributed by atoms with Gasteiger partial charge in [0.25, 0.3) is 0 Å². The number of hydrogen-bond acceptors (Lipinski definition) is 4. The molecule has 5 nitrogen and oxygen atoms in total. The van der Waals surface area contributed by atoms with Crippen molar-refractivity contribution in [3.8, 4) is 28.3 Å². The van der Waals surface area contributed by atoms with E-state index in [0.717, 1.165) is 60.5 Å². The molecule has 10 aromatic rings. The summed E-state index contributed by atoms with van der Waals surface area (Å²) >= 11 is 0. The van der Waals surface area contributed by atoms with Crippen LogP contribution in [0.4, 0.5) is 0 Å². The third-order valence-corrected chi connectivity index (χ3v) is 9.05. The standard InChI is InChI=1S/C41H24N4O/c1-2-12-27-23-36-33(22-26(27)11-1)31-15-5-6-18-35(31)45(36)40-39(34-17-7-8-21-42-34)43-38-32-20-19-28(24-37(32)46-41(38)44-40)30-16-9-13-25-10-3-4-14-29(25)30/h1-24H. The van der Waals surface area contributed by atoms with Gasteiger partial charge in [0.05, 0.1) is 16.7 Å². The Morgan fingerprint density at radius 2 is 1.28 bits per heavy atom. The normalized spacial score (nSPS) is 11.9. The summed E-state index contributed by atoms with van der Waals surface area (Å²) in [4.78, 5) is 15.3. The molecule has 0 spiro atoms. The highest BCUT2D eigenvalue weighted by Crippen LogP contribution is 2.39. The number of para-hydroxylation sites is 1. The Morgan fingerprint density at radius 3 is 2.15 bits per heavy atom. The van der Waals surface area contributed by atoms with Gasteiger partial charge in [-0.1, -0.05) is 97.1 Å². The lowest BCUT2D eigenvalue weighted by Crippen LogP contribution is -2.03. The quantitative estimate of drug-likeness (QED) is 0.206. The van der Waals surface area contributed by atoms with Crippen LogP contribution in [0.25, 0.3) is 93.9 Å². The summed E-state index contributed by atoms with van der Waals surface area (Å²) in [5, 5.41) is 8.00. The molecule has 46 heavy (non-hydrogen) atoms. The van der Waals surface area contributed by atoms with E-state index in [1.807, 2.05) is 18.2 Å². The molecule has 0 saturated carbocycles. The highest BCUT2D eigenvalue weighted by atomic mass is 16.3. The van der Waals surface area contributed by atoms with Crippen LogP contribution in [0.2, 0.25) is 0 Å². The summed E-state index contributed by atoms with van der Waals surface area (Å²) in [5.41, 5.74) is 7.76. The molecular formula is C41H24N4O. The molecule has 214 valence electrons. The maximum atomic E-state index is 6.54. The molecule has 0 atom stereocenters. The molecular weight excluding hydrogens is 564 g/mol. The molecule has 0 amide bonds. The Hall–Kier alpha value is -6.33. The molecule has 0 aliphatic heterocycles. The average molecular weight is 589 g/mol. The summed E-state index contributed by atoms with van der Waals surface area (Å²) in [6.45, 7) is 0. The largest absolute Gasteiger partial charge is 0.436 e. The van der Waals surface area contributed by atoms with Crippen LogP contribution < -0.4 is 0 Å². The van der Waals surface area contributed by atoms with Crippen molar-refractivity contribution >= 4 is 65.6 Å². The van der Waals surface area contributed by atoms with Crippen molar-refractivity contribution in [2.24, 2.45) is 0 Å². The van der Waals surface area contributed by atoms with E-state index in [1.165, 1.54) is 16.2 Å². The SMILES string of the molecule is c1ccc(-c2nc3c(nc2-n2c4ccccc4c4cc5ccccc5cc42)oc2cc(-c4cccc5ccccc45)ccc23)nc1. The topological polar surface area (TPSA) is 56.7 Å². The van der Waals surface area contributed by atoms with Crippen LogP contribution in [0.5, 0.6) is 0 Å². The van der Waals surface area contributed by atoms with Crippen LogP contribution in [0.15, 0.2) is 150 Å². The molecule has 0 unspecified atom stereocenters. The highest BCUT2D eigenvalue weighted by molar-refractivity contribution is 6.14. The van der Waals surface area contributed by atoms with Gasteiger partial charge in [0, 0.05) is 22.4 Å². The van der Waals surface area contributed by atoms with E-state index in [9.17, 15) is 0 Å². The Labute approximate surface area is 263 Å². The van der Waals surface area contributed by atoms with E-state index < -0.39 is 0 Å². The van der Waals surface area contributed by atoms with E-state index >= 15 is 0 Å². The number of nitrogens with zero attached hydrogens (tertiary/aromatic N) is 4. The highest BCUT2D eigenvalue weighted by Gasteiger charge is 2.22. The van der Waals surface area contributed by atoms with Crippen LogP contribution in [-0.4, -0.2) is 19.5 Å². The van der Waals surface area contributed by atoms with Crippen LogP contribution >= 0.6 is 0 Å². The van der Waals surface area contributed by atoms with Gasteiger partial charge in [-0.2, -0.15) is 4.98 Å². The smallest absolute Gasteiger partial charge is 0.248 e. The van der Waals surface area contributed by atoms with Crippen molar-refractivity contribution < 1.29 is 4.42 Å². The Bertz CT molecular complexity index is 2810. The lowest BCUT2D eigenvalue weighted by Gasteiger charge is -2.12. The Kier molecular flexibility index (Phi) is 5.22. The zero-order chi connectivity index (χ0) is 30.2. The third kappa shape index (κ3) is 3.66. The lowest BCUT2D eigenvalue weighted by molar-refractivity contribution is 0.652. The number of fused-ring (bicyclic) bond motifs is 8. The number of aromatic nitrogens is 4. The zero-order valence-corrected chi connectivity index (χ0v) is 24.6. The maximum Gasteiger partial charge on any atom is 0.248 e. The molecule has 6 aromatic carbocycles. The second-order valence-corrected chi connectivity index (χ2v) is 11.7. The summed E-state index contributed by atoms with van der Waals surface area (Å²) in [7, 11) is 0. The second-order valence-electron chi connectivity index (χ2n) is 11.7. The van der Waals surface area contributed by atoms with E-state index in [-0.39, 0.29) is 0 Å². The van der Waals surface area contributed by atoms with Crippen molar-refractivity contribution in [3.63, 3.8) is 0 Å². The Balaban J connectivity index is 1.28. The van der Waals surface area contributed by atoms with Crippen molar-refractivity contribution in [2.45, 2.75) is 0 Å². The summed E-state index contributed by atoms with van der Waals surface area (Å²) in [5.74, 6) is 0.681. The first-order valence-electron chi connectivity index (χ1n) is 15.4. The van der Waals surface area contributed by atoms with Crippen molar-refractivity contribution in [2.75, 3.05) is 0 Å². The van der Waals surface area contributed by atoms with E-state index in [1.54, 1.807) is 6.20 Å². The van der Waals surface area contributed by atoms with Gasteiger partial charge in [-0.15, -0.1) is 0 Å². The minimum absolute atomic E-state index is 0.492. The maximum absolute atomic E-state index is 6.54. The molecule has 0 radical (unpaired) electrons. The average Bonchev–Trinajstić information content (AvgIpc) is 3.64. The molecule has 0 aliphatic rings. The van der Waals surface area contributed by atoms with Gasteiger partial charge in [0.1, 0.15) is 16.8 Å². The van der Waals surface area contributed by atoms with Crippen LogP contribution in [0.1, 0.15) is 0 Å². The van der Waals surface area contributed by atoms with Crippen molar-refractivity contribution in [1.82, 2.24) is 19.5 Å². The van der Waals surface area contributed by atoms with Crippen LogP contribution in [-0.2, 0) is 0 Å². The Morgan fingerprint density at radius 1 is 0.522 bits per heavy atom. The first-order chi connectivity index (χ1) is 22.8. The van der Waals surface area contributed by atoms with Gasteiger partial charge in [0.2, 0.25) is 5.71 Å². The van der Waals surface area contributed by atoms with E-state index in [2.05, 4.69) is 126 Å². The van der Waals surface area contributed by atoms with Gasteiger partial charge in [0.15, 0.2) is 5.82 Å². The van der Waals surface area contributed by atoms with Gasteiger partial charge in [-0.05, 0) is 75.1 Å². The van der Waals surface area contributed by atoms with E-state index in [4.69, 9.17) is 19.4 Å². The first-order valence-corrected chi connectivity index (χ1v) is 15.4. The second kappa shape index (κ2) is 9.58. The fraction of sp³-hybridized carbons (Fsp3) is 0. The van der Waals surface area contributed by atoms with Crippen LogP contribution in [0, 0.1) is 0 Å². The van der Waals surface area contributed by atoms with Gasteiger partial charge in [-0.3, -0.25) is 9.55 Å². The minimum Gasteiger partial charge on any atom is -0.436 e. The molecule has 10 rings (SSSR count). The minimum atomic E-state index is 0.492. The molecule has 5 heteroatoms. The third-order valence-electron chi connectivity index (χ3n) is 9.05. The number of furan rings is 1. The predicted octanol–water partition coefficient (Wildman–Crippen LogP) is 10.5. The molecule has 0 fully saturated rings. The molecule has 4 heterocycles. The van der Waals surface area contributed by atoms with Gasteiger partial charge >= 0.3 is 0 Å². The fourth-order valence-corrected chi connectivity index (χ4v) is 6.92. The molecule has 0 saturated heterocycles. The van der Waals surface area contributed by atoms with Gasteiger partial charge in [-0.25, -0.2) is 4.98 Å².